The molecule has 1 aliphatic rings. The number of para-hydroxylation sites is 1. The van der Waals surface area contributed by atoms with Gasteiger partial charge >= 0.3 is 0 Å². The van der Waals surface area contributed by atoms with Crippen molar-refractivity contribution in [3.63, 3.8) is 0 Å². The van der Waals surface area contributed by atoms with E-state index in [1.807, 2.05) is 50.2 Å². The average molecular weight is 381 g/mol. The highest BCUT2D eigenvalue weighted by atomic mass is 16.5. The van der Waals surface area contributed by atoms with Gasteiger partial charge in [0, 0.05) is 44.5 Å². The van der Waals surface area contributed by atoms with Crippen molar-refractivity contribution in [2.75, 3.05) is 37.6 Å². The van der Waals surface area contributed by atoms with Crippen LogP contribution in [-0.2, 0) is 11.3 Å². The SMILES string of the molecule is Cc1cc(CN2CCN(C(C)C(=O)N(CCC#N)c3ccccc3)CC2)on1. The smallest absolute Gasteiger partial charge is 0.244 e. The largest absolute Gasteiger partial charge is 0.360 e. The van der Waals surface area contributed by atoms with Crippen LogP contribution in [-0.4, -0.2) is 59.6 Å². The number of carbonyl (C=O) groups excluding carboxylic acids is 1. The van der Waals surface area contributed by atoms with Crippen LogP contribution in [0.3, 0.4) is 0 Å². The molecule has 1 aromatic carbocycles. The molecule has 2 aromatic rings. The third-order valence-electron chi connectivity index (χ3n) is 5.15. The van der Waals surface area contributed by atoms with Crippen molar-refractivity contribution in [2.24, 2.45) is 0 Å². The van der Waals surface area contributed by atoms with Crippen molar-refractivity contribution >= 4 is 11.6 Å². The van der Waals surface area contributed by atoms with Crippen LogP contribution in [0, 0.1) is 18.3 Å². The highest BCUT2D eigenvalue weighted by molar-refractivity contribution is 5.97. The first-order valence-corrected chi connectivity index (χ1v) is 9.70. The van der Waals surface area contributed by atoms with Crippen LogP contribution in [0.5, 0.6) is 0 Å². The van der Waals surface area contributed by atoms with Crippen molar-refractivity contribution in [3.8, 4) is 6.07 Å². The Balaban J connectivity index is 1.58. The number of hydrogen-bond donors (Lipinski definition) is 0. The van der Waals surface area contributed by atoms with Crippen LogP contribution in [0.2, 0.25) is 0 Å². The van der Waals surface area contributed by atoms with Gasteiger partial charge in [-0.15, -0.1) is 0 Å². The molecule has 0 bridgehead atoms. The van der Waals surface area contributed by atoms with Gasteiger partial charge in [0.2, 0.25) is 5.91 Å². The Kier molecular flexibility index (Phi) is 6.80. The van der Waals surface area contributed by atoms with Gasteiger partial charge in [0.05, 0.1) is 30.8 Å². The summed E-state index contributed by atoms with van der Waals surface area (Å²) in [4.78, 5) is 19.4. The lowest BCUT2D eigenvalue weighted by molar-refractivity contribution is -0.124. The van der Waals surface area contributed by atoms with Gasteiger partial charge in [-0.3, -0.25) is 14.6 Å². The van der Waals surface area contributed by atoms with Crippen LogP contribution in [0.25, 0.3) is 0 Å². The summed E-state index contributed by atoms with van der Waals surface area (Å²) >= 11 is 0. The lowest BCUT2D eigenvalue weighted by atomic mass is 10.1. The summed E-state index contributed by atoms with van der Waals surface area (Å²) in [5, 5.41) is 12.9. The van der Waals surface area contributed by atoms with E-state index in [1.54, 1.807) is 4.90 Å². The van der Waals surface area contributed by atoms with Crippen molar-refractivity contribution < 1.29 is 9.32 Å². The van der Waals surface area contributed by atoms with Crippen molar-refractivity contribution in [3.05, 3.63) is 47.9 Å². The molecule has 1 unspecified atom stereocenters. The summed E-state index contributed by atoms with van der Waals surface area (Å²) < 4.78 is 5.31. The molecule has 3 rings (SSSR count). The number of carbonyl (C=O) groups is 1. The van der Waals surface area contributed by atoms with Crippen molar-refractivity contribution in [2.45, 2.75) is 32.9 Å². The molecule has 0 spiro atoms. The molecular weight excluding hydrogens is 354 g/mol. The molecule has 1 aromatic heterocycles. The fraction of sp³-hybridized carbons (Fsp3) is 0.476. The molecule has 7 nitrogen and oxygen atoms in total. The Labute approximate surface area is 166 Å². The standard InChI is InChI=1S/C21H27N5O2/c1-17-15-20(28-23-17)16-24-11-13-25(14-12-24)18(2)21(27)26(10-6-9-22)19-7-4-3-5-8-19/h3-5,7-8,15,18H,6,10-14,16H2,1-2H3. The highest BCUT2D eigenvalue weighted by Gasteiger charge is 2.29. The quantitative estimate of drug-likeness (QED) is 0.733. The van der Waals surface area contributed by atoms with Gasteiger partial charge in [0.1, 0.15) is 0 Å². The number of rotatable bonds is 7. The van der Waals surface area contributed by atoms with Gasteiger partial charge in [0.15, 0.2) is 5.76 Å². The predicted octanol–water partition coefficient (Wildman–Crippen LogP) is 2.44. The zero-order valence-electron chi connectivity index (χ0n) is 16.5. The minimum atomic E-state index is -0.228. The Morgan fingerprint density at radius 2 is 2.00 bits per heavy atom. The molecule has 0 N–H and O–H groups in total. The Hall–Kier alpha value is -2.69. The third kappa shape index (κ3) is 4.97. The fourth-order valence-corrected chi connectivity index (χ4v) is 3.54. The van der Waals surface area contributed by atoms with Crippen LogP contribution in [0.1, 0.15) is 24.8 Å². The second kappa shape index (κ2) is 9.49. The maximum absolute atomic E-state index is 13.2. The first-order valence-electron chi connectivity index (χ1n) is 9.70. The van der Waals surface area contributed by atoms with E-state index in [2.05, 4.69) is 21.0 Å². The summed E-state index contributed by atoms with van der Waals surface area (Å²) in [5.41, 5.74) is 1.74. The van der Waals surface area contributed by atoms with E-state index in [1.165, 1.54) is 0 Å². The van der Waals surface area contributed by atoms with Crippen LogP contribution >= 0.6 is 0 Å². The van der Waals surface area contributed by atoms with Gasteiger partial charge in [-0.25, -0.2) is 0 Å². The Morgan fingerprint density at radius 3 is 2.61 bits per heavy atom. The molecule has 1 atom stereocenters. The Bertz CT molecular complexity index is 806. The van der Waals surface area contributed by atoms with Gasteiger partial charge < -0.3 is 9.42 Å². The maximum Gasteiger partial charge on any atom is 0.244 e. The average Bonchev–Trinajstić information content (AvgIpc) is 3.13. The van der Waals surface area contributed by atoms with Gasteiger partial charge in [-0.2, -0.15) is 5.26 Å². The first kappa shape index (κ1) is 20.1. The third-order valence-corrected chi connectivity index (χ3v) is 5.15. The zero-order valence-corrected chi connectivity index (χ0v) is 16.5. The summed E-state index contributed by atoms with van der Waals surface area (Å²) in [6.45, 7) is 8.43. The summed E-state index contributed by atoms with van der Waals surface area (Å²) in [5.74, 6) is 0.919. The monoisotopic (exact) mass is 381 g/mol. The molecule has 1 fully saturated rings. The second-order valence-electron chi connectivity index (χ2n) is 7.16. The molecule has 0 aliphatic carbocycles. The highest BCUT2D eigenvalue weighted by Crippen LogP contribution is 2.18. The lowest BCUT2D eigenvalue weighted by Gasteiger charge is -2.38. The molecule has 0 radical (unpaired) electrons. The minimum absolute atomic E-state index is 0.0424. The summed E-state index contributed by atoms with van der Waals surface area (Å²) in [6.07, 6.45) is 0.317. The number of nitrogens with zero attached hydrogens (tertiary/aromatic N) is 5. The van der Waals surface area contributed by atoms with E-state index >= 15 is 0 Å². The van der Waals surface area contributed by atoms with E-state index in [-0.39, 0.29) is 11.9 Å². The van der Waals surface area contributed by atoms with Gasteiger partial charge in [0.25, 0.3) is 0 Å². The van der Waals surface area contributed by atoms with Crippen molar-refractivity contribution in [1.82, 2.24) is 15.0 Å². The zero-order chi connectivity index (χ0) is 19.9. The van der Waals surface area contributed by atoms with Gasteiger partial charge in [-0.05, 0) is 26.0 Å². The lowest BCUT2D eigenvalue weighted by Crippen LogP contribution is -2.54. The fourth-order valence-electron chi connectivity index (χ4n) is 3.54. The number of hydrogen-bond acceptors (Lipinski definition) is 6. The first-order chi connectivity index (χ1) is 13.6. The number of benzene rings is 1. The molecule has 2 heterocycles. The molecular formula is C21H27N5O2. The number of anilines is 1. The molecule has 1 amide bonds. The molecule has 148 valence electrons. The number of nitriles is 1. The molecule has 1 aliphatic heterocycles. The number of aryl methyl sites for hydroxylation is 1. The predicted molar refractivity (Wildman–Crippen MR) is 107 cm³/mol. The summed E-state index contributed by atoms with van der Waals surface area (Å²) in [7, 11) is 0. The molecule has 0 saturated carbocycles. The van der Waals surface area contributed by atoms with E-state index in [4.69, 9.17) is 9.78 Å². The Morgan fingerprint density at radius 1 is 1.29 bits per heavy atom. The van der Waals surface area contributed by atoms with E-state index < -0.39 is 0 Å². The molecule has 28 heavy (non-hydrogen) atoms. The van der Waals surface area contributed by atoms with Crippen LogP contribution < -0.4 is 4.90 Å². The number of amides is 1. The minimum Gasteiger partial charge on any atom is -0.360 e. The molecule has 7 heteroatoms. The maximum atomic E-state index is 13.2. The number of piperazine rings is 1. The van der Waals surface area contributed by atoms with Crippen LogP contribution in [0.15, 0.2) is 40.9 Å². The topological polar surface area (TPSA) is 76.6 Å². The van der Waals surface area contributed by atoms with E-state index in [0.717, 1.165) is 49.9 Å². The molecule has 1 saturated heterocycles. The summed E-state index contributed by atoms with van der Waals surface area (Å²) in [6, 6.07) is 13.5. The van der Waals surface area contributed by atoms with Crippen molar-refractivity contribution in [1.29, 1.82) is 5.26 Å². The van der Waals surface area contributed by atoms with E-state index in [9.17, 15) is 4.79 Å². The second-order valence-corrected chi connectivity index (χ2v) is 7.16. The van der Waals surface area contributed by atoms with Gasteiger partial charge in [-0.1, -0.05) is 23.4 Å². The number of aromatic nitrogens is 1. The van der Waals surface area contributed by atoms with Crippen LogP contribution in [0.4, 0.5) is 5.69 Å². The normalized spacial score (nSPS) is 16.5. The van der Waals surface area contributed by atoms with E-state index in [0.29, 0.717) is 13.0 Å².